The fraction of sp³-hybridized carbons (Fsp3) is 0.667. The van der Waals surface area contributed by atoms with Gasteiger partial charge in [-0.25, -0.2) is 4.98 Å². The number of imidazole rings is 1. The number of amides is 1. The molecular formula is C18H26ClN6O8P. The van der Waals surface area contributed by atoms with E-state index in [1.165, 1.54) is 10.9 Å². The Labute approximate surface area is 198 Å². The summed E-state index contributed by atoms with van der Waals surface area (Å²) in [6.07, 6.45) is -3.88. The molecule has 14 nitrogen and oxygen atoms in total. The molecule has 6 N–H and O–H groups in total. The van der Waals surface area contributed by atoms with Gasteiger partial charge in [-0.3, -0.25) is 13.9 Å². The standard InChI is InChI=1S/C18H26ClN6O8P/c1-3-20-13-10-14(24-17(19)23-13)25(7-22-10)15-12(27)11(26)8(33-15)6-32-18(16(28)21-4-2)5-9(18)34(29,30)31/h7-9,11-12,15,26-27H,3-6H2,1-2H3,(H,21,28)(H,20,23,24)(H2,29,30,31)/t8-,9?,11-,12-,15-,18+/m1/s1. The van der Waals surface area contributed by atoms with E-state index in [2.05, 4.69) is 25.6 Å². The maximum Gasteiger partial charge on any atom is 0.332 e. The van der Waals surface area contributed by atoms with E-state index in [1.807, 2.05) is 6.92 Å². The molecule has 2 aliphatic rings. The van der Waals surface area contributed by atoms with Gasteiger partial charge in [-0.1, -0.05) is 0 Å². The molecule has 0 bridgehead atoms. The van der Waals surface area contributed by atoms with Crippen molar-refractivity contribution in [1.82, 2.24) is 24.8 Å². The minimum atomic E-state index is -4.59. The van der Waals surface area contributed by atoms with Gasteiger partial charge in [0.15, 0.2) is 28.8 Å². The molecule has 1 unspecified atom stereocenters. The second-order valence-corrected chi connectivity index (χ2v) is 10.3. The highest BCUT2D eigenvalue weighted by atomic mass is 35.5. The van der Waals surface area contributed by atoms with Gasteiger partial charge in [-0.2, -0.15) is 9.97 Å². The molecule has 188 valence electrons. The van der Waals surface area contributed by atoms with Crippen LogP contribution in [0.15, 0.2) is 6.33 Å². The third kappa shape index (κ3) is 4.40. The van der Waals surface area contributed by atoms with Crippen molar-refractivity contribution in [2.75, 3.05) is 25.0 Å². The molecule has 1 saturated heterocycles. The summed E-state index contributed by atoms with van der Waals surface area (Å²) in [5.74, 6) is -0.263. The minimum absolute atomic E-state index is 0.0563. The number of aliphatic hydroxyl groups is 2. The molecule has 2 fully saturated rings. The largest absolute Gasteiger partial charge is 0.387 e. The molecule has 4 rings (SSSR count). The summed E-state index contributed by atoms with van der Waals surface area (Å²) in [5.41, 5.74) is -2.39. The second kappa shape index (κ2) is 9.28. The van der Waals surface area contributed by atoms with Crippen LogP contribution in [0.2, 0.25) is 5.28 Å². The predicted octanol–water partition coefficient (Wildman–Crippen LogP) is -0.628. The van der Waals surface area contributed by atoms with Crippen molar-refractivity contribution >= 4 is 42.1 Å². The number of aliphatic hydroxyl groups excluding tert-OH is 2. The lowest BCUT2D eigenvalue weighted by Crippen LogP contribution is -2.43. The van der Waals surface area contributed by atoms with Gasteiger partial charge in [-0.05, 0) is 25.4 Å². The summed E-state index contributed by atoms with van der Waals surface area (Å²) in [5, 5.41) is 26.7. The number of hydrogen-bond donors (Lipinski definition) is 6. The number of likely N-dealkylation sites (N-methyl/N-ethyl adjacent to an activating group) is 1. The fourth-order valence-electron chi connectivity index (χ4n) is 4.09. The SMILES string of the molecule is CCNC(=O)[C@]1(OC[C@H]2O[C@@H](n3cnc4c(NCC)nc(Cl)nc43)[C@H](O)[C@@H]2O)CC1P(=O)(O)O. The van der Waals surface area contributed by atoms with Crippen molar-refractivity contribution in [3.05, 3.63) is 11.6 Å². The van der Waals surface area contributed by atoms with Crippen LogP contribution in [0.3, 0.4) is 0 Å². The molecular weight excluding hydrogens is 495 g/mol. The summed E-state index contributed by atoms with van der Waals surface area (Å²) >= 11 is 6.02. The minimum Gasteiger partial charge on any atom is -0.387 e. The van der Waals surface area contributed by atoms with E-state index in [-0.39, 0.29) is 23.9 Å². The molecule has 2 aromatic heterocycles. The van der Waals surface area contributed by atoms with Crippen LogP contribution in [0, 0.1) is 0 Å². The molecule has 0 spiro atoms. The normalized spacial score (nSPS) is 31.1. The Kier molecular flexibility index (Phi) is 6.88. The van der Waals surface area contributed by atoms with Crippen molar-refractivity contribution in [3.8, 4) is 0 Å². The fourth-order valence-corrected chi connectivity index (χ4v) is 5.50. The molecule has 34 heavy (non-hydrogen) atoms. The van der Waals surface area contributed by atoms with Crippen molar-refractivity contribution in [2.45, 2.75) is 56.1 Å². The molecule has 0 radical (unpaired) electrons. The summed E-state index contributed by atoms with van der Waals surface area (Å²) in [6.45, 7) is 3.94. The van der Waals surface area contributed by atoms with E-state index in [1.54, 1.807) is 6.92 Å². The van der Waals surface area contributed by atoms with E-state index in [9.17, 15) is 29.4 Å². The molecule has 1 saturated carbocycles. The van der Waals surface area contributed by atoms with Crippen molar-refractivity contribution in [1.29, 1.82) is 0 Å². The number of hydrogen-bond acceptors (Lipinski definition) is 10. The summed E-state index contributed by atoms with van der Waals surface area (Å²) in [4.78, 5) is 44.1. The van der Waals surface area contributed by atoms with E-state index in [0.29, 0.717) is 17.9 Å². The lowest BCUT2D eigenvalue weighted by atomic mass is 10.1. The predicted molar refractivity (Wildman–Crippen MR) is 118 cm³/mol. The van der Waals surface area contributed by atoms with Gasteiger partial charge >= 0.3 is 7.60 Å². The number of nitrogens with one attached hydrogen (secondary N) is 2. The zero-order chi connectivity index (χ0) is 24.8. The van der Waals surface area contributed by atoms with Crippen LogP contribution in [0.25, 0.3) is 11.2 Å². The van der Waals surface area contributed by atoms with Crippen LogP contribution in [0.5, 0.6) is 0 Å². The van der Waals surface area contributed by atoms with Crippen molar-refractivity contribution in [3.63, 3.8) is 0 Å². The van der Waals surface area contributed by atoms with Crippen LogP contribution >= 0.6 is 19.2 Å². The highest BCUT2D eigenvalue weighted by Gasteiger charge is 2.69. The van der Waals surface area contributed by atoms with Gasteiger partial charge in [0.05, 0.1) is 12.9 Å². The summed E-state index contributed by atoms with van der Waals surface area (Å²) in [7, 11) is -4.59. The van der Waals surface area contributed by atoms with Crippen LogP contribution < -0.4 is 10.6 Å². The molecule has 0 aromatic carbocycles. The number of ether oxygens (including phenoxy) is 2. The Hall–Kier alpha value is -1.90. The quantitative estimate of drug-likeness (QED) is 0.181. The van der Waals surface area contributed by atoms with Crippen LogP contribution in [-0.2, 0) is 18.8 Å². The molecule has 16 heteroatoms. The summed E-state index contributed by atoms with van der Waals surface area (Å²) in [6, 6.07) is 0. The molecule has 3 heterocycles. The number of anilines is 1. The van der Waals surface area contributed by atoms with Gasteiger partial charge < -0.3 is 40.1 Å². The van der Waals surface area contributed by atoms with Crippen LogP contribution in [0.1, 0.15) is 26.5 Å². The van der Waals surface area contributed by atoms with Gasteiger partial charge in [0.2, 0.25) is 5.28 Å². The number of rotatable bonds is 9. The number of aromatic nitrogens is 4. The topological polar surface area (TPSA) is 201 Å². The van der Waals surface area contributed by atoms with E-state index >= 15 is 0 Å². The zero-order valence-corrected chi connectivity index (χ0v) is 20.0. The van der Waals surface area contributed by atoms with E-state index in [4.69, 9.17) is 21.1 Å². The molecule has 1 amide bonds. The molecule has 2 aromatic rings. The molecule has 1 aliphatic carbocycles. The highest BCUT2D eigenvalue weighted by molar-refractivity contribution is 7.53. The number of halogens is 1. The van der Waals surface area contributed by atoms with Crippen molar-refractivity contribution < 1.29 is 38.8 Å². The Balaban J connectivity index is 1.54. The molecule has 6 atom stereocenters. The average Bonchev–Trinajstić information content (AvgIpc) is 3.30. The Morgan fingerprint density at radius 1 is 1.32 bits per heavy atom. The Morgan fingerprint density at radius 2 is 2.06 bits per heavy atom. The number of fused-ring (bicyclic) bond motifs is 1. The lowest BCUT2D eigenvalue weighted by Gasteiger charge is -2.22. The average molecular weight is 521 g/mol. The highest BCUT2D eigenvalue weighted by Crippen LogP contribution is 2.62. The molecule has 1 aliphatic heterocycles. The van der Waals surface area contributed by atoms with E-state index in [0.717, 1.165) is 0 Å². The van der Waals surface area contributed by atoms with Gasteiger partial charge in [0.1, 0.15) is 24.0 Å². The maximum atomic E-state index is 12.5. The first kappa shape index (κ1) is 25.2. The van der Waals surface area contributed by atoms with Gasteiger partial charge in [-0.15, -0.1) is 0 Å². The third-order valence-corrected chi connectivity index (χ3v) is 7.44. The van der Waals surface area contributed by atoms with Crippen LogP contribution in [0.4, 0.5) is 5.82 Å². The zero-order valence-electron chi connectivity index (χ0n) is 18.3. The lowest BCUT2D eigenvalue weighted by molar-refractivity contribution is -0.141. The van der Waals surface area contributed by atoms with Crippen LogP contribution in [-0.4, -0.2) is 94.7 Å². The van der Waals surface area contributed by atoms with E-state index < -0.39 is 55.9 Å². The Morgan fingerprint density at radius 3 is 2.68 bits per heavy atom. The first-order valence-electron chi connectivity index (χ1n) is 10.7. The summed E-state index contributed by atoms with van der Waals surface area (Å²) < 4.78 is 24.6. The smallest absolute Gasteiger partial charge is 0.332 e. The third-order valence-electron chi connectivity index (χ3n) is 5.86. The maximum absolute atomic E-state index is 12.5. The first-order chi connectivity index (χ1) is 16.0. The number of carbonyl (C=O) groups is 1. The second-order valence-electron chi connectivity index (χ2n) is 8.11. The number of carbonyl (C=O) groups excluding carboxylic acids is 1. The van der Waals surface area contributed by atoms with Gasteiger partial charge in [0.25, 0.3) is 5.91 Å². The number of nitrogens with zero attached hydrogens (tertiary/aromatic N) is 4. The Bertz CT molecular complexity index is 1130. The van der Waals surface area contributed by atoms with Gasteiger partial charge in [0, 0.05) is 19.5 Å². The van der Waals surface area contributed by atoms with Crippen molar-refractivity contribution in [2.24, 2.45) is 0 Å². The monoisotopic (exact) mass is 520 g/mol. The first-order valence-corrected chi connectivity index (χ1v) is 12.7.